The first-order chi connectivity index (χ1) is 18.8. The van der Waals surface area contributed by atoms with Crippen molar-refractivity contribution in [2.45, 2.75) is 33.7 Å². The van der Waals surface area contributed by atoms with Crippen molar-refractivity contribution in [2.75, 3.05) is 33.9 Å². The molecule has 1 aliphatic heterocycles. The summed E-state index contributed by atoms with van der Waals surface area (Å²) in [4.78, 5) is 34.8. The molecule has 2 heterocycles. The van der Waals surface area contributed by atoms with Crippen molar-refractivity contribution in [1.82, 2.24) is 9.47 Å². The molecule has 1 aliphatic rings. The monoisotopic (exact) mass is 613 g/mol. The number of amides is 1. The Morgan fingerprint density at radius 3 is 2.46 bits per heavy atom. The summed E-state index contributed by atoms with van der Waals surface area (Å²) < 4.78 is 19.7. The van der Waals surface area contributed by atoms with Crippen LogP contribution in [0.25, 0.3) is 6.08 Å². The molecule has 0 bridgehead atoms. The Hall–Kier alpha value is -3.37. The van der Waals surface area contributed by atoms with Gasteiger partial charge in [-0.1, -0.05) is 29.5 Å². The van der Waals surface area contributed by atoms with Crippen molar-refractivity contribution < 1.29 is 19.0 Å². The van der Waals surface area contributed by atoms with Crippen LogP contribution < -0.4 is 29.1 Å². The van der Waals surface area contributed by atoms with Crippen LogP contribution in [-0.2, 0) is 4.79 Å². The molecule has 0 fully saturated rings. The molecule has 39 heavy (non-hydrogen) atoms. The first-order valence-electron chi connectivity index (χ1n) is 12.7. The molecule has 1 aromatic heterocycles. The van der Waals surface area contributed by atoms with Gasteiger partial charge in [-0.25, -0.2) is 4.99 Å². The Kier molecular flexibility index (Phi) is 8.97. The molecule has 0 unspecified atom stereocenters. The minimum absolute atomic E-state index is 0.147. The molecule has 0 spiro atoms. The number of hydrogen-bond donors (Lipinski definition) is 0. The second-order valence-corrected chi connectivity index (χ2v) is 10.6. The summed E-state index contributed by atoms with van der Waals surface area (Å²) in [5, 5.41) is 0. The highest BCUT2D eigenvalue weighted by atomic mass is 79.9. The number of benzene rings is 2. The standard InChI is InChI=1S/C29H32BrN3O5S/c1-7-32(8-2)28(35)24-17(4)31-29-33(25(24)19-12-10-11-13-21(19)36-5)27(34)23(39-29)16-18-14-20(30)26(38-9-3)22(15-18)37-6/h10-16,25H,7-9H2,1-6H3/b23-16+/t25-/m0/s1. The van der Waals surface area contributed by atoms with Gasteiger partial charge in [-0.05, 0) is 73.5 Å². The van der Waals surface area contributed by atoms with Gasteiger partial charge in [-0.15, -0.1) is 0 Å². The third kappa shape index (κ3) is 5.40. The third-order valence-corrected chi connectivity index (χ3v) is 8.15. The number of thiazole rings is 1. The van der Waals surface area contributed by atoms with Crippen molar-refractivity contribution in [2.24, 2.45) is 4.99 Å². The molecule has 0 aliphatic carbocycles. The second-order valence-electron chi connectivity index (χ2n) is 8.77. The maximum absolute atomic E-state index is 14.0. The number of hydrogen-bond acceptors (Lipinski definition) is 7. The molecule has 0 radical (unpaired) electrons. The lowest BCUT2D eigenvalue weighted by molar-refractivity contribution is -0.127. The quantitative estimate of drug-likeness (QED) is 0.360. The van der Waals surface area contributed by atoms with Crippen LogP contribution in [0.3, 0.4) is 0 Å². The average Bonchev–Trinajstić information content (AvgIpc) is 3.23. The van der Waals surface area contributed by atoms with E-state index in [1.165, 1.54) is 11.3 Å². The largest absolute Gasteiger partial charge is 0.496 e. The zero-order valence-electron chi connectivity index (χ0n) is 22.9. The molecule has 1 atom stereocenters. The summed E-state index contributed by atoms with van der Waals surface area (Å²) in [7, 11) is 3.16. The van der Waals surface area contributed by atoms with E-state index >= 15 is 0 Å². The number of carbonyl (C=O) groups is 1. The highest BCUT2D eigenvalue weighted by Gasteiger charge is 2.35. The molecule has 206 valence electrons. The predicted octanol–water partition coefficient (Wildman–Crippen LogP) is 4.28. The van der Waals surface area contributed by atoms with Gasteiger partial charge in [0.05, 0.1) is 41.1 Å². The third-order valence-electron chi connectivity index (χ3n) is 6.57. The molecular formula is C29H32BrN3O5S. The summed E-state index contributed by atoms with van der Waals surface area (Å²) in [6.07, 6.45) is 1.80. The van der Waals surface area contributed by atoms with Crippen LogP contribution in [0.4, 0.5) is 0 Å². The van der Waals surface area contributed by atoms with E-state index in [4.69, 9.17) is 19.2 Å². The van der Waals surface area contributed by atoms with Crippen molar-refractivity contribution >= 4 is 39.2 Å². The zero-order valence-corrected chi connectivity index (χ0v) is 25.3. The molecular weight excluding hydrogens is 582 g/mol. The smallest absolute Gasteiger partial charge is 0.271 e. The van der Waals surface area contributed by atoms with Gasteiger partial charge in [0, 0.05) is 18.7 Å². The average molecular weight is 615 g/mol. The van der Waals surface area contributed by atoms with Crippen LogP contribution in [-0.4, -0.2) is 49.3 Å². The number of aromatic nitrogens is 1. The van der Waals surface area contributed by atoms with Gasteiger partial charge in [0.1, 0.15) is 11.8 Å². The minimum Gasteiger partial charge on any atom is -0.496 e. The van der Waals surface area contributed by atoms with Gasteiger partial charge in [0.15, 0.2) is 16.3 Å². The molecule has 3 aromatic rings. The van der Waals surface area contributed by atoms with Crippen LogP contribution in [0.5, 0.6) is 17.2 Å². The normalized spacial score (nSPS) is 15.1. The van der Waals surface area contributed by atoms with Crippen molar-refractivity contribution in [3.8, 4) is 17.2 Å². The van der Waals surface area contributed by atoms with Crippen LogP contribution in [0.15, 0.2) is 61.9 Å². The van der Waals surface area contributed by atoms with Crippen molar-refractivity contribution in [1.29, 1.82) is 0 Å². The molecule has 2 aromatic carbocycles. The lowest BCUT2D eigenvalue weighted by Gasteiger charge is -2.29. The summed E-state index contributed by atoms with van der Waals surface area (Å²) in [5.41, 5.74) is 2.30. The molecule has 0 N–H and O–H groups in total. The highest BCUT2D eigenvalue weighted by molar-refractivity contribution is 9.10. The number of nitrogens with zero attached hydrogens (tertiary/aromatic N) is 3. The fourth-order valence-electron chi connectivity index (χ4n) is 4.72. The van der Waals surface area contributed by atoms with Crippen molar-refractivity contribution in [3.63, 3.8) is 0 Å². The Morgan fingerprint density at radius 2 is 1.82 bits per heavy atom. The van der Waals surface area contributed by atoms with E-state index in [1.54, 1.807) is 29.8 Å². The molecule has 0 saturated heterocycles. The number of halogens is 1. The lowest BCUT2D eigenvalue weighted by Crippen LogP contribution is -2.43. The van der Waals surface area contributed by atoms with Crippen molar-refractivity contribution in [3.05, 3.63) is 83.0 Å². The van der Waals surface area contributed by atoms with Crippen LogP contribution >= 0.6 is 27.3 Å². The van der Waals surface area contributed by atoms with E-state index in [1.807, 2.05) is 64.1 Å². The predicted molar refractivity (Wildman–Crippen MR) is 157 cm³/mol. The maximum atomic E-state index is 14.0. The number of likely N-dealkylation sites (N-methyl/N-ethyl adjacent to an activating group) is 1. The molecule has 10 heteroatoms. The Labute approximate surface area is 240 Å². The summed E-state index contributed by atoms with van der Waals surface area (Å²) in [5.74, 6) is 1.61. The van der Waals surface area contributed by atoms with E-state index in [9.17, 15) is 9.59 Å². The number of methoxy groups -OCH3 is 2. The number of fused-ring (bicyclic) bond motifs is 1. The lowest BCUT2D eigenvalue weighted by atomic mass is 9.94. The zero-order chi connectivity index (χ0) is 28.3. The van der Waals surface area contributed by atoms with Crippen LogP contribution in [0, 0.1) is 0 Å². The van der Waals surface area contributed by atoms with Crippen LogP contribution in [0.1, 0.15) is 44.9 Å². The Bertz CT molecular complexity index is 1600. The minimum atomic E-state index is -0.686. The highest BCUT2D eigenvalue weighted by Crippen LogP contribution is 2.38. The number of allylic oxidation sites excluding steroid dienone is 1. The Morgan fingerprint density at radius 1 is 1.13 bits per heavy atom. The number of rotatable bonds is 9. The first-order valence-corrected chi connectivity index (χ1v) is 14.3. The summed E-state index contributed by atoms with van der Waals surface area (Å²) in [6.45, 7) is 9.18. The van der Waals surface area contributed by atoms with E-state index in [0.717, 1.165) is 15.6 Å². The SMILES string of the molecule is CCOc1c(Br)cc(/C=c2/sc3n(c2=O)[C@@H](c2ccccc2OC)C(C(=O)N(CC)CC)=C(C)N=3)cc1OC. The second kappa shape index (κ2) is 12.2. The fourth-order valence-corrected chi connectivity index (χ4v) is 6.34. The number of ether oxygens (including phenoxy) is 3. The van der Waals surface area contributed by atoms with E-state index in [2.05, 4.69) is 15.9 Å². The van der Waals surface area contributed by atoms with Crippen LogP contribution in [0.2, 0.25) is 0 Å². The van der Waals surface area contributed by atoms with Gasteiger partial charge in [-0.2, -0.15) is 0 Å². The topological polar surface area (TPSA) is 82.4 Å². The van der Waals surface area contributed by atoms with E-state index in [-0.39, 0.29) is 11.5 Å². The Balaban J connectivity index is 1.97. The summed E-state index contributed by atoms with van der Waals surface area (Å²) in [6, 6.07) is 10.5. The molecule has 8 nitrogen and oxygen atoms in total. The molecule has 1 amide bonds. The van der Waals surface area contributed by atoms with E-state index in [0.29, 0.717) is 57.5 Å². The number of para-hydroxylation sites is 1. The van der Waals surface area contributed by atoms with Gasteiger partial charge in [-0.3, -0.25) is 14.2 Å². The van der Waals surface area contributed by atoms with Gasteiger partial charge in [0.25, 0.3) is 11.5 Å². The maximum Gasteiger partial charge on any atom is 0.271 e. The fraction of sp³-hybridized carbons (Fsp3) is 0.345. The number of carbonyl (C=O) groups excluding carboxylic acids is 1. The van der Waals surface area contributed by atoms with Gasteiger partial charge in [0.2, 0.25) is 0 Å². The van der Waals surface area contributed by atoms with Gasteiger partial charge >= 0.3 is 0 Å². The first kappa shape index (κ1) is 28.6. The van der Waals surface area contributed by atoms with E-state index < -0.39 is 6.04 Å². The molecule has 4 rings (SSSR count). The van der Waals surface area contributed by atoms with Gasteiger partial charge < -0.3 is 19.1 Å². The molecule has 0 saturated carbocycles. The summed E-state index contributed by atoms with van der Waals surface area (Å²) >= 11 is 4.84.